The van der Waals surface area contributed by atoms with Gasteiger partial charge in [0.05, 0.1) is 6.20 Å². The molecule has 0 spiro atoms. The first-order valence-corrected chi connectivity index (χ1v) is 7.86. The third-order valence-electron chi connectivity index (χ3n) is 3.77. The van der Waals surface area contributed by atoms with Gasteiger partial charge in [0.15, 0.2) is 5.82 Å². The molecule has 0 fully saturated rings. The maximum Gasteiger partial charge on any atom is 0.176 e. The van der Waals surface area contributed by atoms with Crippen molar-refractivity contribution in [2.45, 2.75) is 26.2 Å². The molecule has 1 N–H and O–H groups in total. The van der Waals surface area contributed by atoms with Crippen LogP contribution in [0.5, 0.6) is 0 Å². The van der Waals surface area contributed by atoms with Crippen molar-refractivity contribution in [3.63, 3.8) is 0 Å². The maximum absolute atomic E-state index is 4.44. The lowest BCUT2D eigenvalue weighted by Gasteiger charge is -2.05. The maximum atomic E-state index is 4.44. The van der Waals surface area contributed by atoms with Gasteiger partial charge in [-0.1, -0.05) is 54.6 Å². The molecule has 116 valence electrons. The Morgan fingerprint density at radius 2 is 1.83 bits per heavy atom. The zero-order valence-electron chi connectivity index (χ0n) is 13.2. The Hall–Kier alpha value is -2.75. The van der Waals surface area contributed by atoms with Gasteiger partial charge in [-0.2, -0.15) is 10.2 Å². The van der Waals surface area contributed by atoms with E-state index in [0.29, 0.717) is 5.82 Å². The summed E-state index contributed by atoms with van der Waals surface area (Å²) in [6.45, 7) is 2.04. The summed E-state index contributed by atoms with van der Waals surface area (Å²) in [5.41, 5.74) is 5.48. The van der Waals surface area contributed by atoms with Gasteiger partial charge in [-0.3, -0.25) is 5.43 Å². The summed E-state index contributed by atoms with van der Waals surface area (Å²) in [5, 5.41) is 14.7. The van der Waals surface area contributed by atoms with Crippen LogP contribution in [-0.4, -0.2) is 15.9 Å². The highest BCUT2D eigenvalue weighted by Crippen LogP contribution is 2.19. The van der Waals surface area contributed by atoms with Crippen LogP contribution in [0.15, 0.2) is 65.9 Å². The van der Waals surface area contributed by atoms with Crippen LogP contribution in [0.25, 0.3) is 10.8 Å². The first-order chi connectivity index (χ1) is 11.3. The van der Waals surface area contributed by atoms with Crippen molar-refractivity contribution in [2.75, 3.05) is 5.43 Å². The lowest BCUT2D eigenvalue weighted by atomic mass is 10.1. The normalized spacial score (nSPS) is 11.6. The number of rotatable bonds is 6. The number of hydrazone groups is 1. The summed E-state index contributed by atoms with van der Waals surface area (Å²) in [5.74, 6) is 0.700. The van der Waals surface area contributed by atoms with E-state index in [1.807, 2.05) is 37.3 Å². The van der Waals surface area contributed by atoms with Gasteiger partial charge in [-0.05, 0) is 31.7 Å². The fourth-order valence-electron chi connectivity index (χ4n) is 2.51. The van der Waals surface area contributed by atoms with E-state index in [1.165, 1.54) is 5.56 Å². The quantitative estimate of drug-likeness (QED) is 0.541. The summed E-state index contributed by atoms with van der Waals surface area (Å²) in [4.78, 5) is 0. The monoisotopic (exact) mass is 304 g/mol. The van der Waals surface area contributed by atoms with E-state index in [0.717, 1.165) is 35.7 Å². The van der Waals surface area contributed by atoms with Crippen molar-refractivity contribution in [1.82, 2.24) is 10.2 Å². The van der Waals surface area contributed by atoms with Crippen molar-refractivity contribution in [2.24, 2.45) is 5.10 Å². The molecule has 0 aliphatic carbocycles. The Morgan fingerprint density at radius 3 is 2.70 bits per heavy atom. The molecule has 1 heterocycles. The van der Waals surface area contributed by atoms with Crippen molar-refractivity contribution >= 4 is 22.3 Å². The predicted molar refractivity (Wildman–Crippen MR) is 95.6 cm³/mol. The zero-order chi connectivity index (χ0) is 15.9. The molecule has 0 amide bonds. The minimum absolute atomic E-state index is 0.700. The lowest BCUT2D eigenvalue weighted by molar-refractivity contribution is 0.861. The van der Waals surface area contributed by atoms with Gasteiger partial charge in [-0.15, -0.1) is 5.10 Å². The van der Waals surface area contributed by atoms with Gasteiger partial charge in [0.2, 0.25) is 0 Å². The van der Waals surface area contributed by atoms with Crippen LogP contribution in [0.2, 0.25) is 0 Å². The smallest absolute Gasteiger partial charge is 0.176 e. The summed E-state index contributed by atoms with van der Waals surface area (Å²) >= 11 is 0. The Morgan fingerprint density at radius 1 is 1.04 bits per heavy atom. The van der Waals surface area contributed by atoms with Crippen molar-refractivity contribution in [1.29, 1.82) is 0 Å². The first-order valence-electron chi connectivity index (χ1n) is 7.86. The van der Waals surface area contributed by atoms with Crippen LogP contribution < -0.4 is 5.43 Å². The van der Waals surface area contributed by atoms with Gasteiger partial charge in [0, 0.05) is 16.5 Å². The van der Waals surface area contributed by atoms with Gasteiger partial charge in [0.1, 0.15) is 0 Å². The molecule has 0 aliphatic rings. The van der Waals surface area contributed by atoms with Crippen LogP contribution in [-0.2, 0) is 6.42 Å². The zero-order valence-corrected chi connectivity index (χ0v) is 13.2. The number of fused-ring (bicyclic) bond motifs is 1. The molecule has 0 atom stereocenters. The average Bonchev–Trinajstić information content (AvgIpc) is 2.61. The third kappa shape index (κ3) is 4.13. The van der Waals surface area contributed by atoms with Gasteiger partial charge < -0.3 is 0 Å². The number of hydrogen-bond acceptors (Lipinski definition) is 4. The van der Waals surface area contributed by atoms with E-state index >= 15 is 0 Å². The fourth-order valence-corrected chi connectivity index (χ4v) is 2.51. The average molecular weight is 304 g/mol. The molecule has 1 aromatic heterocycles. The van der Waals surface area contributed by atoms with Gasteiger partial charge in [0.25, 0.3) is 0 Å². The van der Waals surface area contributed by atoms with Crippen LogP contribution in [0.3, 0.4) is 0 Å². The molecular weight excluding hydrogens is 284 g/mol. The van der Waals surface area contributed by atoms with E-state index in [-0.39, 0.29) is 0 Å². The largest absolute Gasteiger partial charge is 0.259 e. The number of aryl methyl sites for hydroxylation is 1. The number of benzene rings is 2. The molecular formula is C19H20N4. The predicted octanol–water partition coefficient (Wildman–Crippen LogP) is 4.44. The second-order valence-corrected chi connectivity index (χ2v) is 5.58. The SMILES string of the molecule is C/C(CCCc1ccccc1)=N/Nc1nncc2ccccc12. The Labute approximate surface area is 136 Å². The fraction of sp³-hybridized carbons (Fsp3) is 0.211. The standard InChI is InChI=1S/C19H20N4/c1-15(8-7-11-16-9-3-2-4-10-16)21-23-19-18-13-6-5-12-17(18)14-20-22-19/h2-6,9-10,12-14H,7-8,11H2,1H3,(H,22,23)/b21-15-. The van der Waals surface area contributed by atoms with Crippen LogP contribution in [0.4, 0.5) is 5.82 Å². The van der Waals surface area contributed by atoms with Crippen LogP contribution in [0, 0.1) is 0 Å². The topological polar surface area (TPSA) is 50.2 Å². The van der Waals surface area contributed by atoms with Crippen molar-refractivity contribution < 1.29 is 0 Å². The summed E-state index contributed by atoms with van der Waals surface area (Å²) in [7, 11) is 0. The number of hydrogen-bond donors (Lipinski definition) is 1. The Balaban J connectivity index is 1.58. The summed E-state index contributed by atoms with van der Waals surface area (Å²) < 4.78 is 0. The van der Waals surface area contributed by atoms with Crippen molar-refractivity contribution in [3.8, 4) is 0 Å². The second-order valence-electron chi connectivity index (χ2n) is 5.58. The number of nitrogens with zero attached hydrogens (tertiary/aromatic N) is 3. The molecule has 0 radical (unpaired) electrons. The highest BCUT2D eigenvalue weighted by molar-refractivity contribution is 5.91. The first kappa shape index (κ1) is 15.2. The molecule has 23 heavy (non-hydrogen) atoms. The molecule has 0 bridgehead atoms. The number of nitrogens with one attached hydrogen (secondary N) is 1. The minimum Gasteiger partial charge on any atom is -0.259 e. The Kier molecular flexibility index (Phi) is 4.94. The van der Waals surface area contributed by atoms with E-state index < -0.39 is 0 Å². The molecule has 0 unspecified atom stereocenters. The number of aromatic nitrogens is 2. The van der Waals surface area contributed by atoms with E-state index in [1.54, 1.807) is 6.20 Å². The van der Waals surface area contributed by atoms with Crippen molar-refractivity contribution in [3.05, 3.63) is 66.4 Å². The van der Waals surface area contributed by atoms with Crippen LogP contribution in [0.1, 0.15) is 25.3 Å². The summed E-state index contributed by atoms with van der Waals surface area (Å²) in [6.07, 6.45) is 4.88. The van der Waals surface area contributed by atoms with Gasteiger partial charge in [-0.25, -0.2) is 0 Å². The van der Waals surface area contributed by atoms with Crippen LogP contribution >= 0.6 is 0 Å². The molecule has 0 saturated carbocycles. The van der Waals surface area contributed by atoms with E-state index in [4.69, 9.17) is 0 Å². The molecule has 3 aromatic rings. The molecule has 0 saturated heterocycles. The molecule has 4 heteroatoms. The second kappa shape index (κ2) is 7.49. The van der Waals surface area contributed by atoms with Gasteiger partial charge >= 0.3 is 0 Å². The molecule has 4 nitrogen and oxygen atoms in total. The molecule has 3 rings (SSSR count). The number of anilines is 1. The third-order valence-corrected chi connectivity index (χ3v) is 3.77. The molecule has 2 aromatic carbocycles. The van der Waals surface area contributed by atoms with E-state index in [9.17, 15) is 0 Å². The lowest BCUT2D eigenvalue weighted by Crippen LogP contribution is -2.01. The highest BCUT2D eigenvalue weighted by atomic mass is 15.3. The molecule has 0 aliphatic heterocycles. The Bertz CT molecular complexity index is 791. The minimum atomic E-state index is 0.700. The summed E-state index contributed by atoms with van der Waals surface area (Å²) in [6, 6.07) is 18.6. The van der Waals surface area contributed by atoms with E-state index in [2.05, 4.69) is 45.0 Å². The highest BCUT2D eigenvalue weighted by Gasteiger charge is 2.02.